The number of alkyl halides is 3. The molecule has 0 aromatic heterocycles. The van der Waals surface area contributed by atoms with Crippen LogP contribution in [0.3, 0.4) is 0 Å². The second kappa shape index (κ2) is 5.19. The van der Waals surface area contributed by atoms with Gasteiger partial charge in [-0.25, -0.2) is 0 Å². The van der Waals surface area contributed by atoms with Crippen molar-refractivity contribution in [2.24, 2.45) is 0 Å². The molecule has 96 valence electrons. The van der Waals surface area contributed by atoms with Crippen molar-refractivity contribution in [2.45, 2.75) is 12.1 Å². The lowest BCUT2D eigenvalue weighted by Gasteiger charge is -2.12. The van der Waals surface area contributed by atoms with Crippen molar-refractivity contribution in [1.82, 2.24) is 0 Å². The minimum absolute atomic E-state index is 0.397. The molecule has 0 bridgehead atoms. The van der Waals surface area contributed by atoms with Crippen molar-refractivity contribution in [3.05, 3.63) is 30.3 Å². The summed E-state index contributed by atoms with van der Waals surface area (Å²) < 4.78 is 61.3. The lowest BCUT2D eigenvalue weighted by atomic mass is 10.4. The Hall–Kier alpha value is -0.863. The number of hydrogen-bond acceptors (Lipinski definition) is 3. The predicted octanol–water partition coefficient (Wildman–Crippen LogP) is 1.16. The molecule has 0 saturated heterocycles. The number of rotatable bonds is 4. The van der Waals surface area contributed by atoms with E-state index in [0.717, 1.165) is 5.19 Å². The molecule has 8 heteroatoms. The summed E-state index contributed by atoms with van der Waals surface area (Å²) in [6.07, 6.45) is -0.397. The van der Waals surface area contributed by atoms with Gasteiger partial charge in [0, 0.05) is 0 Å². The average Bonchev–Trinajstić information content (AvgIpc) is 2.25. The van der Waals surface area contributed by atoms with Gasteiger partial charge in [0.2, 0.25) is 0 Å². The molecule has 0 heterocycles. The molecule has 1 aromatic rings. The van der Waals surface area contributed by atoms with E-state index in [0.29, 0.717) is 0 Å². The Morgan fingerprint density at radius 3 is 2.24 bits per heavy atom. The van der Waals surface area contributed by atoms with Gasteiger partial charge in [-0.1, -0.05) is 42.1 Å². The average molecular weight is 284 g/mol. The molecule has 0 aliphatic heterocycles. The number of hydrogen-bond donors (Lipinski definition) is 0. The Bertz CT molecular complexity index is 458. The van der Waals surface area contributed by atoms with E-state index >= 15 is 0 Å². The van der Waals surface area contributed by atoms with Crippen LogP contribution in [0.5, 0.6) is 0 Å². The van der Waals surface area contributed by atoms with Crippen molar-refractivity contribution >= 4 is 24.1 Å². The van der Waals surface area contributed by atoms with Crippen molar-refractivity contribution in [2.75, 3.05) is 6.23 Å². The van der Waals surface area contributed by atoms with Crippen LogP contribution in [0.15, 0.2) is 30.3 Å². The molecule has 0 aliphatic carbocycles. The van der Waals surface area contributed by atoms with E-state index in [1.807, 2.05) is 0 Å². The zero-order valence-electron chi connectivity index (χ0n) is 8.94. The quantitative estimate of drug-likeness (QED) is 0.473. The summed E-state index contributed by atoms with van der Waals surface area (Å²) >= 11 is 0. The maximum atomic E-state index is 12.0. The smallest absolute Gasteiger partial charge is 0.267 e. The molecule has 0 radical (unpaired) electrons. The zero-order chi connectivity index (χ0) is 13.1. The lowest BCUT2D eigenvalue weighted by molar-refractivity contribution is -0.0531. The van der Waals surface area contributed by atoms with Crippen LogP contribution in [0.2, 0.25) is 6.55 Å². The molecule has 1 aromatic carbocycles. The van der Waals surface area contributed by atoms with Crippen LogP contribution in [0.1, 0.15) is 0 Å². The van der Waals surface area contributed by atoms with E-state index in [-0.39, 0.29) is 0 Å². The molecule has 0 spiro atoms. The standard InChI is InChI=1S/C9H11F3O3SSi/c1-17(8-5-3-2-4-6-8)7-15-16(13,14)9(10,11)12/h2-6,17H,7H2,1H3. The van der Waals surface area contributed by atoms with Crippen molar-refractivity contribution in [3.8, 4) is 0 Å². The normalized spacial score (nSPS) is 14.6. The van der Waals surface area contributed by atoms with Gasteiger partial charge in [-0.15, -0.1) is 0 Å². The van der Waals surface area contributed by atoms with Gasteiger partial charge in [0.05, 0.1) is 15.0 Å². The summed E-state index contributed by atoms with van der Waals surface area (Å²) in [4.78, 5) is 0. The van der Waals surface area contributed by atoms with E-state index in [1.165, 1.54) is 0 Å². The zero-order valence-corrected chi connectivity index (χ0v) is 10.9. The fraction of sp³-hybridized carbons (Fsp3) is 0.333. The van der Waals surface area contributed by atoms with Crippen LogP contribution in [0.4, 0.5) is 13.2 Å². The van der Waals surface area contributed by atoms with Crippen LogP contribution < -0.4 is 5.19 Å². The van der Waals surface area contributed by atoms with Crippen LogP contribution >= 0.6 is 0 Å². The lowest BCUT2D eigenvalue weighted by Crippen LogP contribution is -2.36. The Balaban J connectivity index is 2.64. The molecule has 0 saturated carbocycles. The summed E-state index contributed by atoms with van der Waals surface area (Å²) in [6, 6.07) is 8.77. The Labute approximate surface area is 98.9 Å². The summed E-state index contributed by atoms with van der Waals surface area (Å²) in [5.41, 5.74) is -5.35. The Kier molecular flexibility index (Phi) is 4.34. The highest BCUT2D eigenvalue weighted by molar-refractivity contribution is 7.87. The predicted molar refractivity (Wildman–Crippen MR) is 60.0 cm³/mol. The summed E-state index contributed by atoms with van der Waals surface area (Å²) in [5, 5.41) is 0.852. The first-order valence-electron chi connectivity index (χ1n) is 4.74. The first-order valence-corrected chi connectivity index (χ1v) is 8.70. The molecule has 1 unspecified atom stereocenters. The summed E-state index contributed by atoms with van der Waals surface area (Å²) in [7, 11) is -7.30. The first kappa shape index (κ1) is 14.2. The van der Waals surface area contributed by atoms with Gasteiger partial charge in [0.15, 0.2) is 0 Å². The molecule has 3 nitrogen and oxygen atoms in total. The molecule has 0 fully saturated rings. The third-order valence-corrected chi connectivity index (χ3v) is 5.57. The largest absolute Gasteiger partial charge is 0.523 e. The molecular weight excluding hydrogens is 273 g/mol. The van der Waals surface area contributed by atoms with Crippen LogP contribution in [-0.4, -0.2) is 29.0 Å². The van der Waals surface area contributed by atoms with Gasteiger partial charge in [-0.2, -0.15) is 21.6 Å². The fourth-order valence-corrected chi connectivity index (χ4v) is 3.87. The highest BCUT2D eigenvalue weighted by Crippen LogP contribution is 2.24. The van der Waals surface area contributed by atoms with Gasteiger partial charge in [0.25, 0.3) is 0 Å². The third kappa shape index (κ3) is 3.82. The molecule has 1 rings (SSSR count). The topological polar surface area (TPSA) is 43.4 Å². The van der Waals surface area contributed by atoms with E-state index in [1.54, 1.807) is 36.9 Å². The maximum absolute atomic E-state index is 12.0. The van der Waals surface area contributed by atoms with Gasteiger partial charge in [-0.05, 0) is 0 Å². The molecule has 1 atom stereocenters. The van der Waals surface area contributed by atoms with E-state index in [9.17, 15) is 21.6 Å². The van der Waals surface area contributed by atoms with Gasteiger partial charge in [0.1, 0.15) is 0 Å². The molecule has 17 heavy (non-hydrogen) atoms. The van der Waals surface area contributed by atoms with Crippen molar-refractivity contribution in [3.63, 3.8) is 0 Å². The van der Waals surface area contributed by atoms with Crippen molar-refractivity contribution < 1.29 is 25.8 Å². The van der Waals surface area contributed by atoms with Crippen molar-refractivity contribution in [1.29, 1.82) is 0 Å². The fourth-order valence-electron chi connectivity index (χ4n) is 1.14. The minimum atomic E-state index is -5.47. The second-order valence-electron chi connectivity index (χ2n) is 3.50. The number of benzene rings is 1. The molecule has 0 amide bonds. The molecule has 0 N–H and O–H groups in total. The Morgan fingerprint density at radius 2 is 1.76 bits per heavy atom. The molecular formula is C9H11F3O3SSi. The van der Waals surface area contributed by atoms with Gasteiger partial charge < -0.3 is 0 Å². The highest BCUT2D eigenvalue weighted by atomic mass is 32.2. The first-order chi connectivity index (χ1) is 7.74. The van der Waals surface area contributed by atoms with Crippen LogP contribution in [0.25, 0.3) is 0 Å². The van der Waals surface area contributed by atoms with Gasteiger partial charge in [-0.3, -0.25) is 4.18 Å². The second-order valence-corrected chi connectivity index (χ2v) is 7.91. The Morgan fingerprint density at radius 1 is 1.24 bits per heavy atom. The molecule has 0 aliphatic rings. The van der Waals surface area contributed by atoms with E-state index in [4.69, 9.17) is 0 Å². The number of halogens is 3. The van der Waals surface area contributed by atoms with E-state index < -0.39 is 30.7 Å². The highest BCUT2D eigenvalue weighted by Gasteiger charge is 2.47. The van der Waals surface area contributed by atoms with Crippen LogP contribution in [0, 0.1) is 0 Å². The SMILES string of the molecule is C[SiH](COS(=O)(=O)C(F)(F)F)c1ccccc1. The monoisotopic (exact) mass is 284 g/mol. The van der Waals surface area contributed by atoms with E-state index in [2.05, 4.69) is 4.18 Å². The minimum Gasteiger partial charge on any atom is -0.267 e. The summed E-state index contributed by atoms with van der Waals surface area (Å²) in [6.45, 7) is 1.72. The van der Waals surface area contributed by atoms with Gasteiger partial charge >= 0.3 is 15.6 Å². The van der Waals surface area contributed by atoms with Crippen LogP contribution in [-0.2, 0) is 14.3 Å². The summed E-state index contributed by atoms with van der Waals surface area (Å²) in [5.74, 6) is 0. The maximum Gasteiger partial charge on any atom is 0.523 e. The third-order valence-electron chi connectivity index (χ3n) is 2.13.